The highest BCUT2D eigenvalue weighted by molar-refractivity contribution is 6.17. The zero-order valence-corrected chi connectivity index (χ0v) is 6.38. The Morgan fingerprint density at radius 3 is 3.08 bits per heavy atom. The molecule has 0 bridgehead atoms. The predicted octanol–water partition coefficient (Wildman–Crippen LogP) is 1.14. The SMILES string of the molecule is [2H]c1nc2c(O[B]O)c([2H])c([2H])c([2H])c2c([2H])c1[2H]. The lowest BCUT2D eigenvalue weighted by atomic mass is 10.2. The second-order valence-electron chi connectivity index (χ2n) is 2.12. The van der Waals surface area contributed by atoms with Crippen LogP contribution in [-0.4, -0.2) is 17.7 Å². The molecule has 1 N–H and O–H groups in total. The van der Waals surface area contributed by atoms with E-state index in [0.29, 0.717) is 7.69 Å². The van der Waals surface area contributed by atoms with E-state index in [0.717, 1.165) is 0 Å². The van der Waals surface area contributed by atoms with E-state index in [9.17, 15) is 0 Å². The van der Waals surface area contributed by atoms with Crippen molar-refractivity contribution in [1.29, 1.82) is 0 Å². The number of pyridine rings is 1. The second-order valence-corrected chi connectivity index (χ2v) is 2.12. The average Bonchev–Trinajstić information content (AvgIpc) is 2.38. The quantitative estimate of drug-likeness (QED) is 0.701. The van der Waals surface area contributed by atoms with Crippen molar-refractivity contribution >= 4 is 18.6 Å². The smallest absolute Gasteiger partial charge is 0.536 e. The van der Waals surface area contributed by atoms with Crippen LogP contribution in [-0.2, 0) is 0 Å². The fourth-order valence-electron chi connectivity index (χ4n) is 0.892. The van der Waals surface area contributed by atoms with Crippen molar-refractivity contribution in [2.45, 2.75) is 0 Å². The summed E-state index contributed by atoms with van der Waals surface area (Å²) in [5.41, 5.74) is -0.165. The van der Waals surface area contributed by atoms with Gasteiger partial charge >= 0.3 is 7.69 Å². The van der Waals surface area contributed by atoms with Gasteiger partial charge in [0.1, 0.15) is 11.3 Å². The third-order valence-corrected chi connectivity index (χ3v) is 1.40. The molecule has 0 saturated carbocycles. The summed E-state index contributed by atoms with van der Waals surface area (Å²) in [6, 6.07) is -2.33. The number of benzene rings is 1. The monoisotopic (exact) mass is 178 g/mol. The Morgan fingerprint density at radius 2 is 2.23 bits per heavy atom. The van der Waals surface area contributed by atoms with Crippen LogP contribution in [0.3, 0.4) is 0 Å². The molecule has 1 radical (unpaired) electrons. The molecule has 0 aliphatic carbocycles. The van der Waals surface area contributed by atoms with Crippen LogP contribution in [0.15, 0.2) is 36.4 Å². The molecule has 0 aliphatic rings. The van der Waals surface area contributed by atoms with E-state index >= 15 is 0 Å². The van der Waals surface area contributed by atoms with Crippen molar-refractivity contribution in [2.24, 2.45) is 0 Å². The summed E-state index contributed by atoms with van der Waals surface area (Å²) in [6.07, 6.45) is -0.503. The van der Waals surface area contributed by atoms with Gasteiger partial charge < -0.3 is 9.68 Å². The van der Waals surface area contributed by atoms with Gasteiger partial charge in [-0.3, -0.25) is 4.98 Å². The van der Waals surface area contributed by atoms with Gasteiger partial charge in [0.25, 0.3) is 0 Å². The highest BCUT2D eigenvalue weighted by atomic mass is 16.5. The minimum atomic E-state index is -0.503. The topological polar surface area (TPSA) is 42.4 Å². The number of rotatable bonds is 2. The molecule has 1 heterocycles. The van der Waals surface area contributed by atoms with E-state index in [1.165, 1.54) is 0 Å². The minimum absolute atomic E-state index is 0.154. The van der Waals surface area contributed by atoms with Gasteiger partial charge in [-0.25, -0.2) is 0 Å². The second kappa shape index (κ2) is 3.45. The first-order valence-corrected chi connectivity index (χ1v) is 3.40. The zero-order chi connectivity index (χ0) is 14.3. The number of nitrogens with zero attached hydrogens (tertiary/aromatic N) is 1. The van der Waals surface area contributed by atoms with Crippen molar-refractivity contribution < 1.29 is 17.9 Å². The molecule has 4 heteroatoms. The largest absolute Gasteiger partial charge is 0.569 e. The van der Waals surface area contributed by atoms with Gasteiger partial charge in [-0.15, -0.1) is 0 Å². The lowest BCUT2D eigenvalue weighted by Gasteiger charge is -2.04. The summed E-state index contributed by atoms with van der Waals surface area (Å²) < 4.78 is 50.3. The maximum absolute atomic E-state index is 8.66. The third-order valence-electron chi connectivity index (χ3n) is 1.40. The minimum Gasteiger partial charge on any atom is -0.536 e. The molecule has 3 nitrogen and oxygen atoms in total. The first-order valence-electron chi connectivity index (χ1n) is 6.40. The van der Waals surface area contributed by atoms with E-state index in [4.69, 9.17) is 13.2 Å². The van der Waals surface area contributed by atoms with Gasteiger partial charge in [-0.1, -0.05) is 18.1 Å². The van der Waals surface area contributed by atoms with Crippen molar-refractivity contribution in [3.63, 3.8) is 0 Å². The third kappa shape index (κ3) is 1.48. The van der Waals surface area contributed by atoms with Crippen LogP contribution in [0.4, 0.5) is 0 Å². The number of aromatic nitrogens is 1. The molecule has 13 heavy (non-hydrogen) atoms. The predicted molar refractivity (Wildman–Crippen MR) is 50.3 cm³/mol. The van der Waals surface area contributed by atoms with Crippen molar-refractivity contribution in [2.75, 3.05) is 0 Å². The molecule has 2 aromatic rings. The van der Waals surface area contributed by atoms with Crippen LogP contribution in [0.5, 0.6) is 5.75 Å². The normalized spacial score (nSPS) is 16.4. The Morgan fingerprint density at radius 1 is 1.38 bits per heavy atom. The van der Waals surface area contributed by atoms with Gasteiger partial charge in [-0.2, -0.15) is 0 Å². The Kier molecular flexibility index (Phi) is 0.976. The fraction of sp³-hybridized carbons (Fsp3) is 0. The van der Waals surface area contributed by atoms with Crippen LogP contribution < -0.4 is 4.65 Å². The van der Waals surface area contributed by atoms with Gasteiger partial charge in [0.2, 0.25) is 0 Å². The van der Waals surface area contributed by atoms with Crippen LogP contribution in [0, 0.1) is 0 Å². The van der Waals surface area contributed by atoms with Crippen LogP contribution >= 0.6 is 0 Å². The summed E-state index contributed by atoms with van der Waals surface area (Å²) in [5.74, 6) is -0.319. The zero-order valence-electron chi connectivity index (χ0n) is 12.4. The van der Waals surface area contributed by atoms with Gasteiger partial charge in [0.05, 0.1) is 8.22 Å². The highest BCUT2D eigenvalue weighted by Crippen LogP contribution is 2.22. The molecule has 0 saturated heterocycles. The Hall–Kier alpha value is -1.55. The molecule has 2 rings (SSSR count). The molecule has 63 valence electrons. The number of hydrogen-bond acceptors (Lipinski definition) is 3. The molecule has 0 fully saturated rings. The fourth-order valence-corrected chi connectivity index (χ4v) is 0.892. The van der Waals surface area contributed by atoms with Crippen LogP contribution in [0.25, 0.3) is 10.9 Å². The molecular formula is C9H7BNO2. The maximum atomic E-state index is 8.66. The molecular weight excluding hydrogens is 165 g/mol. The number of hydrogen-bond donors (Lipinski definition) is 1. The molecule has 0 unspecified atom stereocenters. The Bertz CT molecular complexity index is 672. The first-order chi connectivity index (χ1) is 8.90. The van der Waals surface area contributed by atoms with E-state index in [1.807, 2.05) is 0 Å². The van der Waals surface area contributed by atoms with Crippen molar-refractivity contribution in [3.05, 3.63) is 36.4 Å². The standard InChI is InChI=1S/C9H7BNO2/c12-10-13-8-5-1-3-7-4-2-6-11-9(7)8/h1-6,12H/i1D,2D,3D,4D,5D,6D. The average molecular weight is 178 g/mol. The summed E-state index contributed by atoms with van der Waals surface area (Å²) in [6.45, 7) is 0. The Labute approximate surface area is 84.7 Å². The first kappa shape index (κ1) is 3.68. The van der Waals surface area contributed by atoms with Crippen LogP contribution in [0.2, 0.25) is 0 Å². The molecule has 0 aliphatic heterocycles. The van der Waals surface area contributed by atoms with Gasteiger partial charge in [0, 0.05) is 11.6 Å². The number of para-hydroxylation sites is 1. The van der Waals surface area contributed by atoms with Crippen molar-refractivity contribution in [1.82, 2.24) is 4.98 Å². The van der Waals surface area contributed by atoms with E-state index < -0.39 is 36.4 Å². The highest BCUT2D eigenvalue weighted by Gasteiger charge is 2.01. The lowest BCUT2D eigenvalue weighted by molar-refractivity contribution is 0.456. The van der Waals surface area contributed by atoms with Crippen LogP contribution in [0.1, 0.15) is 8.22 Å². The Balaban J connectivity index is 3.02. The summed E-state index contributed by atoms with van der Waals surface area (Å²) >= 11 is 0. The summed E-state index contributed by atoms with van der Waals surface area (Å²) in [4.78, 5) is 3.70. The molecule has 0 spiro atoms. The molecule has 0 atom stereocenters. The molecule has 1 aromatic carbocycles. The van der Waals surface area contributed by atoms with Crippen molar-refractivity contribution in [3.8, 4) is 5.75 Å². The van der Waals surface area contributed by atoms with E-state index in [1.54, 1.807) is 0 Å². The summed E-state index contributed by atoms with van der Waals surface area (Å²) in [5, 5.41) is 8.51. The lowest BCUT2D eigenvalue weighted by Crippen LogP contribution is -2.00. The maximum Gasteiger partial charge on any atom is 0.569 e. The van der Waals surface area contributed by atoms with E-state index in [-0.39, 0.29) is 16.7 Å². The number of fused-ring (bicyclic) bond motifs is 1. The van der Waals surface area contributed by atoms with E-state index in [2.05, 4.69) is 9.64 Å². The summed E-state index contributed by atoms with van der Waals surface area (Å²) in [7, 11) is 0.291. The van der Waals surface area contributed by atoms with Gasteiger partial charge in [-0.05, 0) is 12.1 Å². The van der Waals surface area contributed by atoms with Gasteiger partial charge in [0.15, 0.2) is 0 Å². The molecule has 1 aromatic heterocycles. The molecule has 0 amide bonds.